The van der Waals surface area contributed by atoms with E-state index in [-0.39, 0.29) is 23.8 Å². The molecule has 0 aromatic heterocycles. The van der Waals surface area contributed by atoms with Gasteiger partial charge in [-0.2, -0.15) is 0 Å². The van der Waals surface area contributed by atoms with Crippen LogP contribution in [0.25, 0.3) is 0 Å². The van der Waals surface area contributed by atoms with Crippen LogP contribution in [-0.2, 0) is 0 Å². The molecule has 8 nitrogen and oxygen atoms in total. The summed E-state index contributed by atoms with van der Waals surface area (Å²) in [5.74, 6) is -0.969. The summed E-state index contributed by atoms with van der Waals surface area (Å²) in [6.45, 7) is 1.89. The maximum Gasteiger partial charge on any atom is 0.335 e. The number of carbonyl (C=O) groups is 2. The van der Waals surface area contributed by atoms with E-state index >= 15 is 0 Å². The van der Waals surface area contributed by atoms with Crippen molar-refractivity contribution in [2.45, 2.75) is 19.1 Å². The lowest BCUT2D eigenvalue weighted by molar-refractivity contribution is 0.0697. The van der Waals surface area contributed by atoms with E-state index in [1.165, 1.54) is 12.1 Å². The van der Waals surface area contributed by atoms with Crippen LogP contribution in [0.1, 0.15) is 17.3 Å². The summed E-state index contributed by atoms with van der Waals surface area (Å²) in [7, 11) is 0. The molecule has 1 aromatic carbocycles. The number of nitrogens with one attached hydrogen (secondary N) is 5. The van der Waals surface area contributed by atoms with Gasteiger partial charge in [-0.1, -0.05) is 0 Å². The topological polar surface area (TPSA) is 115 Å². The fourth-order valence-corrected chi connectivity index (χ4v) is 1.58. The van der Waals surface area contributed by atoms with E-state index in [0.717, 1.165) is 0 Å². The minimum Gasteiger partial charge on any atom is -0.478 e. The average Bonchev–Trinajstić information content (AvgIpc) is 2.40. The van der Waals surface area contributed by atoms with Gasteiger partial charge in [0.2, 0.25) is 0 Å². The Labute approximate surface area is 109 Å². The molecule has 6 N–H and O–H groups in total. The van der Waals surface area contributed by atoms with Gasteiger partial charge >= 0.3 is 12.0 Å². The van der Waals surface area contributed by atoms with Crippen LogP contribution >= 0.6 is 0 Å². The number of carboxylic acids is 1. The highest BCUT2D eigenvalue weighted by Gasteiger charge is 2.23. The minimum absolute atomic E-state index is 0.0245. The average molecular weight is 265 g/mol. The molecule has 0 bridgehead atoms. The van der Waals surface area contributed by atoms with Gasteiger partial charge in [0, 0.05) is 5.69 Å². The van der Waals surface area contributed by atoms with Gasteiger partial charge in [-0.25, -0.2) is 20.4 Å². The molecule has 0 saturated carbocycles. The molecule has 1 saturated heterocycles. The first-order valence-electron chi connectivity index (χ1n) is 5.73. The van der Waals surface area contributed by atoms with Crippen molar-refractivity contribution in [3.05, 3.63) is 29.8 Å². The zero-order valence-corrected chi connectivity index (χ0v) is 10.2. The molecule has 1 heterocycles. The standard InChI is InChI=1S/C11H15N5O3/c1-6-9(12-11(19)16-13-6)15-14-8-4-2-7(3-5-8)10(17)18/h2-6,9,13-15H,1H3,(H,17,18)(H2,12,16,19). The highest BCUT2D eigenvalue weighted by atomic mass is 16.4. The van der Waals surface area contributed by atoms with Crippen molar-refractivity contribution in [3.63, 3.8) is 0 Å². The number of amides is 2. The number of carboxylic acid groups (broad SMARTS) is 1. The maximum absolute atomic E-state index is 11.1. The van der Waals surface area contributed by atoms with Crippen molar-refractivity contribution in [2.75, 3.05) is 5.43 Å². The Balaban J connectivity index is 1.91. The third-order valence-electron chi connectivity index (χ3n) is 2.70. The van der Waals surface area contributed by atoms with Gasteiger partial charge in [0.1, 0.15) is 6.17 Å². The molecular formula is C11H15N5O3. The monoisotopic (exact) mass is 265 g/mol. The van der Waals surface area contributed by atoms with Crippen LogP contribution in [0.4, 0.5) is 10.5 Å². The second-order valence-corrected chi connectivity index (χ2v) is 4.16. The Bertz CT molecular complexity index is 476. The first-order valence-corrected chi connectivity index (χ1v) is 5.73. The van der Waals surface area contributed by atoms with Crippen molar-refractivity contribution in [3.8, 4) is 0 Å². The Morgan fingerprint density at radius 1 is 1.32 bits per heavy atom. The van der Waals surface area contributed by atoms with E-state index < -0.39 is 5.97 Å². The number of hydrogen-bond acceptors (Lipinski definition) is 5. The first-order chi connectivity index (χ1) is 9.06. The lowest BCUT2D eigenvalue weighted by atomic mass is 10.2. The van der Waals surface area contributed by atoms with E-state index in [2.05, 4.69) is 27.0 Å². The number of hydrogen-bond donors (Lipinski definition) is 6. The molecule has 1 fully saturated rings. The van der Waals surface area contributed by atoms with Crippen LogP contribution in [0.15, 0.2) is 24.3 Å². The lowest BCUT2D eigenvalue weighted by Gasteiger charge is -2.32. The molecular weight excluding hydrogens is 250 g/mol. The molecule has 1 aromatic rings. The molecule has 2 rings (SSSR count). The molecule has 2 amide bonds. The van der Waals surface area contributed by atoms with Gasteiger partial charge in [-0.15, -0.1) is 0 Å². The Kier molecular flexibility index (Phi) is 3.83. The van der Waals surface area contributed by atoms with Crippen molar-refractivity contribution >= 4 is 17.7 Å². The SMILES string of the molecule is CC1NNC(=O)NC1NNc1ccc(C(=O)O)cc1. The molecule has 2 unspecified atom stereocenters. The Hall–Kier alpha value is -2.32. The summed E-state index contributed by atoms with van der Waals surface area (Å²) in [6.07, 6.45) is -0.298. The van der Waals surface area contributed by atoms with E-state index in [1.54, 1.807) is 12.1 Å². The Morgan fingerprint density at radius 3 is 2.63 bits per heavy atom. The molecule has 19 heavy (non-hydrogen) atoms. The summed E-state index contributed by atoms with van der Waals surface area (Å²) in [5.41, 5.74) is 12.0. The number of hydrazine groups is 2. The van der Waals surface area contributed by atoms with Gasteiger partial charge in [-0.05, 0) is 31.2 Å². The normalized spacial score (nSPS) is 22.3. The predicted octanol–water partition coefficient (Wildman–Crippen LogP) is -0.167. The van der Waals surface area contributed by atoms with Gasteiger partial charge in [0.05, 0.1) is 11.6 Å². The van der Waals surface area contributed by atoms with Crippen molar-refractivity contribution in [1.82, 2.24) is 21.6 Å². The summed E-state index contributed by atoms with van der Waals surface area (Å²) in [4.78, 5) is 21.8. The second kappa shape index (κ2) is 5.55. The first kappa shape index (κ1) is 13.1. The highest BCUT2D eigenvalue weighted by Crippen LogP contribution is 2.08. The van der Waals surface area contributed by atoms with Crippen molar-refractivity contribution < 1.29 is 14.7 Å². The van der Waals surface area contributed by atoms with Crippen LogP contribution < -0.4 is 27.0 Å². The van der Waals surface area contributed by atoms with Gasteiger partial charge < -0.3 is 15.8 Å². The molecule has 0 radical (unpaired) electrons. The van der Waals surface area contributed by atoms with E-state index in [4.69, 9.17) is 5.11 Å². The number of aromatic carboxylic acids is 1. The highest BCUT2D eigenvalue weighted by molar-refractivity contribution is 5.87. The van der Waals surface area contributed by atoms with Crippen LogP contribution in [0, 0.1) is 0 Å². The molecule has 102 valence electrons. The van der Waals surface area contributed by atoms with Gasteiger partial charge in [0.15, 0.2) is 0 Å². The quantitative estimate of drug-likeness (QED) is 0.421. The van der Waals surface area contributed by atoms with Crippen molar-refractivity contribution in [1.29, 1.82) is 0 Å². The predicted molar refractivity (Wildman–Crippen MR) is 68.2 cm³/mol. The van der Waals surface area contributed by atoms with Gasteiger partial charge in [-0.3, -0.25) is 5.43 Å². The zero-order valence-electron chi connectivity index (χ0n) is 10.2. The zero-order chi connectivity index (χ0) is 13.8. The fraction of sp³-hybridized carbons (Fsp3) is 0.273. The van der Waals surface area contributed by atoms with E-state index in [1.807, 2.05) is 6.92 Å². The van der Waals surface area contributed by atoms with E-state index in [9.17, 15) is 9.59 Å². The smallest absolute Gasteiger partial charge is 0.335 e. The third kappa shape index (κ3) is 3.33. The molecule has 2 atom stereocenters. The second-order valence-electron chi connectivity index (χ2n) is 4.16. The number of rotatable bonds is 4. The van der Waals surface area contributed by atoms with Gasteiger partial charge in [0.25, 0.3) is 0 Å². The summed E-state index contributed by atoms with van der Waals surface area (Å²) in [5, 5.41) is 11.5. The van der Waals surface area contributed by atoms with Crippen LogP contribution in [0.5, 0.6) is 0 Å². The molecule has 1 aliphatic heterocycles. The molecule has 0 aliphatic carbocycles. The largest absolute Gasteiger partial charge is 0.478 e. The summed E-state index contributed by atoms with van der Waals surface area (Å²) >= 11 is 0. The Morgan fingerprint density at radius 2 is 2.00 bits per heavy atom. The number of urea groups is 1. The van der Waals surface area contributed by atoms with Crippen molar-refractivity contribution in [2.24, 2.45) is 0 Å². The minimum atomic E-state index is -0.969. The number of carbonyl (C=O) groups excluding carboxylic acids is 1. The molecule has 8 heteroatoms. The fourth-order valence-electron chi connectivity index (χ4n) is 1.58. The summed E-state index contributed by atoms with van der Waals surface area (Å²) < 4.78 is 0. The lowest BCUT2D eigenvalue weighted by Crippen LogP contribution is -2.68. The van der Waals surface area contributed by atoms with E-state index in [0.29, 0.717) is 5.69 Å². The summed E-state index contributed by atoms with van der Waals surface area (Å²) in [6, 6.07) is 5.92. The maximum atomic E-state index is 11.1. The molecule has 1 aliphatic rings. The molecule has 0 spiro atoms. The number of anilines is 1. The number of benzene rings is 1. The van der Waals surface area contributed by atoms with Crippen LogP contribution in [-0.4, -0.2) is 29.3 Å². The van der Waals surface area contributed by atoms with Crippen LogP contribution in [0.3, 0.4) is 0 Å². The van der Waals surface area contributed by atoms with Crippen LogP contribution in [0.2, 0.25) is 0 Å². The third-order valence-corrected chi connectivity index (χ3v) is 2.70.